The second kappa shape index (κ2) is 11.5. The van der Waals surface area contributed by atoms with E-state index >= 15 is 0 Å². The van der Waals surface area contributed by atoms with Gasteiger partial charge in [-0.3, -0.25) is 0 Å². The summed E-state index contributed by atoms with van der Waals surface area (Å²) in [7, 11) is 2.41. The summed E-state index contributed by atoms with van der Waals surface area (Å²) in [6.45, 7) is 18.5. The van der Waals surface area contributed by atoms with Crippen LogP contribution in [0.5, 0.6) is 0 Å². The van der Waals surface area contributed by atoms with Crippen LogP contribution in [-0.2, 0) is 16.2 Å². The Labute approximate surface area is 335 Å². The van der Waals surface area contributed by atoms with Crippen LogP contribution >= 0.6 is 0 Å². The zero-order valence-corrected chi connectivity index (χ0v) is 34.1. The number of nitrogens with zero attached hydrogens (tertiary/aromatic N) is 1. The first-order valence-corrected chi connectivity index (χ1v) is 20.3. The van der Waals surface area contributed by atoms with Crippen molar-refractivity contribution >= 4 is 73.3 Å². The standard InChI is InChI=1S/C53H46BN2O/c1-51(2,3)30-17-20-32(21-18-30)55-44-24-19-31(52(4,5)6)25-38(44)35-22-23-36-39-26-42-37(33-13-9-11-15-41(33)53(42,7)8)27-45(39)56-46-28-40-34-14-10-12-16-47(34)57-48(40)29-43(46)54-49(35)50(36)56/h9-29,55H,1-8H3. The van der Waals surface area contributed by atoms with Crippen molar-refractivity contribution in [2.24, 2.45) is 0 Å². The summed E-state index contributed by atoms with van der Waals surface area (Å²) in [6.07, 6.45) is 0. The van der Waals surface area contributed by atoms with Gasteiger partial charge in [0.05, 0.1) is 5.52 Å². The quantitative estimate of drug-likeness (QED) is 0.183. The lowest BCUT2D eigenvalue weighted by Gasteiger charge is -2.26. The molecule has 11 rings (SSSR count). The lowest BCUT2D eigenvalue weighted by molar-refractivity contribution is 0.590. The van der Waals surface area contributed by atoms with Gasteiger partial charge >= 0.3 is 0 Å². The molecular formula is C53H46BN2O. The van der Waals surface area contributed by atoms with E-state index in [1.54, 1.807) is 0 Å². The van der Waals surface area contributed by atoms with Gasteiger partial charge < -0.3 is 14.3 Å². The number of aromatic nitrogens is 1. The van der Waals surface area contributed by atoms with Crippen LogP contribution in [0.25, 0.3) is 71.7 Å². The Bertz CT molecular complexity index is 3160. The Morgan fingerprint density at radius 1 is 0.561 bits per heavy atom. The summed E-state index contributed by atoms with van der Waals surface area (Å²) in [5.74, 6) is 0. The molecule has 0 spiro atoms. The lowest BCUT2D eigenvalue weighted by atomic mass is 9.59. The van der Waals surface area contributed by atoms with Gasteiger partial charge in [-0.2, -0.15) is 0 Å². The van der Waals surface area contributed by atoms with E-state index < -0.39 is 0 Å². The number of anilines is 2. The van der Waals surface area contributed by atoms with Gasteiger partial charge in [0, 0.05) is 55.1 Å². The highest BCUT2D eigenvalue weighted by atomic mass is 16.3. The van der Waals surface area contributed by atoms with Gasteiger partial charge in [-0.15, -0.1) is 0 Å². The molecular weight excluding hydrogens is 691 g/mol. The smallest absolute Gasteiger partial charge is 0.198 e. The SMILES string of the molecule is CC(C)(C)c1ccc(Nc2ccc(C(C)(C)C)cc2-c2ccc3c4cc5c(cc4n4c3c2[B]c2cc3oc6ccccc6c3cc2-4)-c2ccccc2C5(C)C)cc1. The van der Waals surface area contributed by atoms with Crippen molar-refractivity contribution < 1.29 is 4.42 Å². The van der Waals surface area contributed by atoms with E-state index in [1.165, 1.54) is 77.5 Å². The Morgan fingerprint density at radius 2 is 1.30 bits per heavy atom. The van der Waals surface area contributed by atoms with E-state index in [0.717, 1.165) is 38.8 Å². The Hall–Kier alpha value is -6.00. The Balaban J connectivity index is 1.20. The number of para-hydroxylation sites is 1. The number of benzene rings is 7. The molecule has 3 heterocycles. The van der Waals surface area contributed by atoms with E-state index in [9.17, 15) is 0 Å². The number of nitrogens with one attached hydrogen (secondary N) is 1. The first-order valence-electron chi connectivity index (χ1n) is 20.3. The second-order valence-electron chi connectivity index (χ2n) is 19.0. The minimum Gasteiger partial charge on any atom is -0.456 e. The van der Waals surface area contributed by atoms with Gasteiger partial charge in [0.2, 0.25) is 0 Å². The van der Waals surface area contributed by atoms with E-state index in [4.69, 9.17) is 4.42 Å². The van der Waals surface area contributed by atoms with Gasteiger partial charge in [0.1, 0.15) is 11.2 Å². The molecule has 0 saturated heterocycles. The first-order chi connectivity index (χ1) is 27.3. The van der Waals surface area contributed by atoms with E-state index in [0.29, 0.717) is 0 Å². The molecule has 57 heavy (non-hydrogen) atoms. The third-order valence-corrected chi connectivity index (χ3v) is 12.9. The van der Waals surface area contributed by atoms with Gasteiger partial charge in [-0.1, -0.05) is 134 Å². The monoisotopic (exact) mass is 737 g/mol. The molecule has 1 aliphatic heterocycles. The fourth-order valence-electron chi connectivity index (χ4n) is 9.75. The minimum absolute atomic E-state index is 0.0231. The van der Waals surface area contributed by atoms with Gasteiger partial charge in [0.25, 0.3) is 0 Å². The lowest BCUT2D eigenvalue weighted by Crippen LogP contribution is -2.37. The van der Waals surface area contributed by atoms with E-state index in [2.05, 4.69) is 200 Å². The molecule has 0 fully saturated rings. The Morgan fingerprint density at radius 3 is 2.09 bits per heavy atom. The number of furan rings is 1. The van der Waals surface area contributed by atoms with Crippen molar-refractivity contribution in [3.05, 3.63) is 150 Å². The fraction of sp³-hybridized carbons (Fsp3) is 0.208. The van der Waals surface area contributed by atoms with Crippen molar-refractivity contribution in [1.82, 2.24) is 4.57 Å². The first kappa shape index (κ1) is 34.3. The minimum atomic E-state index is -0.0948. The van der Waals surface area contributed by atoms with Gasteiger partial charge in [-0.25, -0.2) is 0 Å². The van der Waals surface area contributed by atoms with Crippen LogP contribution in [0, 0.1) is 0 Å². The van der Waals surface area contributed by atoms with Gasteiger partial charge in [0.15, 0.2) is 7.28 Å². The molecule has 4 heteroatoms. The van der Waals surface area contributed by atoms with Crippen LogP contribution in [0.2, 0.25) is 0 Å². The highest BCUT2D eigenvalue weighted by Crippen LogP contribution is 2.51. The van der Waals surface area contributed by atoms with Crippen molar-refractivity contribution in [1.29, 1.82) is 0 Å². The fourth-order valence-corrected chi connectivity index (χ4v) is 9.75. The zero-order valence-electron chi connectivity index (χ0n) is 34.1. The van der Waals surface area contributed by atoms with Crippen molar-refractivity contribution in [3.63, 3.8) is 0 Å². The molecule has 0 saturated carbocycles. The maximum atomic E-state index is 6.51. The molecule has 7 aromatic carbocycles. The van der Waals surface area contributed by atoms with E-state index in [1.807, 2.05) is 0 Å². The maximum Gasteiger partial charge on any atom is 0.198 e. The highest BCUT2D eigenvalue weighted by molar-refractivity contribution is 6.73. The molecule has 2 aliphatic rings. The average Bonchev–Trinajstić information content (AvgIpc) is 3.79. The maximum absolute atomic E-state index is 6.51. The molecule has 3 nitrogen and oxygen atoms in total. The molecule has 0 amide bonds. The third-order valence-electron chi connectivity index (χ3n) is 12.9. The van der Waals surface area contributed by atoms with Crippen LogP contribution in [0.1, 0.15) is 77.6 Å². The Kier molecular flexibility index (Phi) is 6.94. The van der Waals surface area contributed by atoms with Crippen LogP contribution in [0.4, 0.5) is 11.4 Å². The molecule has 2 aromatic heterocycles. The topological polar surface area (TPSA) is 30.1 Å². The normalized spacial score (nSPS) is 14.2. The molecule has 277 valence electrons. The highest BCUT2D eigenvalue weighted by Gasteiger charge is 2.37. The molecule has 9 aromatic rings. The summed E-state index contributed by atoms with van der Waals surface area (Å²) in [6, 6.07) is 47.6. The predicted molar refractivity (Wildman–Crippen MR) is 243 cm³/mol. The van der Waals surface area contributed by atoms with Crippen LogP contribution < -0.4 is 16.2 Å². The van der Waals surface area contributed by atoms with E-state index in [-0.39, 0.29) is 16.2 Å². The van der Waals surface area contributed by atoms with Crippen molar-refractivity contribution in [2.75, 3.05) is 5.32 Å². The molecule has 0 unspecified atom stereocenters. The van der Waals surface area contributed by atoms with Crippen LogP contribution in [0.15, 0.2) is 132 Å². The van der Waals surface area contributed by atoms with Crippen molar-refractivity contribution in [3.8, 4) is 27.9 Å². The summed E-state index contributed by atoms with van der Waals surface area (Å²) in [5.41, 5.74) is 20.5. The largest absolute Gasteiger partial charge is 0.456 e. The molecule has 1 N–H and O–H groups in total. The molecule has 1 radical (unpaired) electrons. The number of hydrogen-bond donors (Lipinski definition) is 1. The summed E-state index contributed by atoms with van der Waals surface area (Å²) >= 11 is 0. The number of fused-ring (bicyclic) bond motifs is 11. The summed E-state index contributed by atoms with van der Waals surface area (Å²) in [5, 5.41) is 8.70. The third kappa shape index (κ3) is 4.99. The van der Waals surface area contributed by atoms with Crippen LogP contribution in [-0.4, -0.2) is 11.8 Å². The number of hydrogen-bond acceptors (Lipinski definition) is 2. The summed E-state index contributed by atoms with van der Waals surface area (Å²) < 4.78 is 9.07. The average molecular weight is 738 g/mol. The second-order valence-corrected chi connectivity index (χ2v) is 19.0. The number of rotatable bonds is 3. The van der Waals surface area contributed by atoms with Crippen LogP contribution in [0.3, 0.4) is 0 Å². The summed E-state index contributed by atoms with van der Waals surface area (Å²) in [4.78, 5) is 0. The zero-order chi connectivity index (χ0) is 39.2. The molecule has 0 atom stereocenters. The molecule has 1 aliphatic carbocycles. The van der Waals surface area contributed by atoms with Gasteiger partial charge in [-0.05, 0) is 110 Å². The predicted octanol–water partition coefficient (Wildman–Crippen LogP) is 13.0. The molecule has 0 bridgehead atoms. The van der Waals surface area contributed by atoms with Crippen molar-refractivity contribution in [2.45, 2.75) is 71.6 Å².